The van der Waals surface area contributed by atoms with Crippen molar-refractivity contribution in [1.29, 1.82) is 0 Å². The molecule has 0 saturated heterocycles. The molecule has 1 aromatic heterocycles. The van der Waals surface area contributed by atoms with Crippen LogP contribution in [0.25, 0.3) is 0 Å². The lowest BCUT2D eigenvalue weighted by Crippen LogP contribution is -1.75. The van der Waals surface area contributed by atoms with Crippen molar-refractivity contribution < 1.29 is 4.52 Å². The first kappa shape index (κ1) is 5.35. The van der Waals surface area contributed by atoms with Gasteiger partial charge in [-0.05, 0) is 6.42 Å². The van der Waals surface area contributed by atoms with E-state index in [4.69, 9.17) is 0 Å². The van der Waals surface area contributed by atoms with Crippen molar-refractivity contribution in [3.63, 3.8) is 0 Å². The van der Waals surface area contributed by atoms with E-state index in [1.807, 2.05) is 12.5 Å². The van der Waals surface area contributed by atoms with Crippen molar-refractivity contribution in [1.82, 2.24) is 5.16 Å². The summed E-state index contributed by atoms with van der Waals surface area (Å²) in [6.07, 6.45) is 4.58. The molecular weight excluding hydrogens is 102 g/mol. The number of aromatic nitrogens is 1. The highest BCUT2D eigenvalue weighted by Gasteiger charge is 1.90. The molecule has 0 spiro atoms. The van der Waals surface area contributed by atoms with Gasteiger partial charge in [0.15, 0.2) is 0 Å². The average Bonchev–Trinajstić information content (AvgIpc) is 2.19. The lowest BCUT2D eigenvalue weighted by molar-refractivity contribution is 0.415. The molecule has 0 N–H and O–H groups in total. The molecule has 0 aromatic carbocycles. The zero-order valence-electron chi connectivity index (χ0n) is 4.79. The molecular formula is C6H8NO. The van der Waals surface area contributed by atoms with E-state index < -0.39 is 0 Å². The lowest BCUT2D eigenvalue weighted by Gasteiger charge is -1.81. The Hall–Kier alpha value is -0.790. The van der Waals surface area contributed by atoms with Gasteiger partial charge in [0.2, 0.25) is 0 Å². The Morgan fingerprint density at radius 3 is 3.25 bits per heavy atom. The minimum Gasteiger partial charge on any atom is -0.365 e. The third-order valence-corrected chi connectivity index (χ3v) is 0.871. The zero-order valence-corrected chi connectivity index (χ0v) is 4.79. The van der Waals surface area contributed by atoms with Crippen molar-refractivity contribution in [2.75, 3.05) is 0 Å². The number of hydrogen-bond donors (Lipinski definition) is 0. The first-order chi connectivity index (χ1) is 3.93. The summed E-state index contributed by atoms with van der Waals surface area (Å²) in [6.45, 7) is 2.06. The summed E-state index contributed by atoms with van der Waals surface area (Å²) in [7, 11) is 0. The summed E-state index contributed by atoms with van der Waals surface area (Å²) in [4.78, 5) is 0. The van der Waals surface area contributed by atoms with Gasteiger partial charge in [-0.15, -0.1) is 0 Å². The minimum atomic E-state index is 0.924. The van der Waals surface area contributed by atoms with Crippen LogP contribution in [-0.4, -0.2) is 5.16 Å². The standard InChI is InChI=1S/C6H8NO/c1-2-3-6-4-5-8-7-6/h3-5H,2H2,1H3. The van der Waals surface area contributed by atoms with Crippen molar-refractivity contribution in [2.24, 2.45) is 0 Å². The largest absolute Gasteiger partial charge is 0.365 e. The average molecular weight is 110 g/mol. The Morgan fingerprint density at radius 1 is 1.88 bits per heavy atom. The van der Waals surface area contributed by atoms with E-state index in [1.165, 1.54) is 0 Å². The van der Waals surface area contributed by atoms with Gasteiger partial charge in [-0.25, -0.2) is 0 Å². The lowest BCUT2D eigenvalue weighted by atomic mass is 10.3. The normalized spacial score (nSPS) is 9.62. The first-order valence-corrected chi connectivity index (χ1v) is 2.67. The van der Waals surface area contributed by atoms with Crippen molar-refractivity contribution in [2.45, 2.75) is 13.3 Å². The summed E-state index contributed by atoms with van der Waals surface area (Å²) < 4.78 is 4.59. The van der Waals surface area contributed by atoms with Crippen LogP contribution in [0.1, 0.15) is 19.0 Å². The topological polar surface area (TPSA) is 26.0 Å². The highest BCUT2D eigenvalue weighted by Crippen LogP contribution is 1.99. The number of rotatable bonds is 2. The van der Waals surface area contributed by atoms with Crippen LogP contribution in [-0.2, 0) is 0 Å². The van der Waals surface area contributed by atoms with Crippen LogP contribution in [0.3, 0.4) is 0 Å². The molecule has 1 aromatic rings. The molecule has 43 valence electrons. The number of nitrogens with zero attached hydrogens (tertiary/aromatic N) is 1. The molecule has 0 fully saturated rings. The third-order valence-electron chi connectivity index (χ3n) is 0.871. The van der Waals surface area contributed by atoms with Crippen LogP contribution in [0.4, 0.5) is 0 Å². The fourth-order valence-corrected chi connectivity index (χ4v) is 0.536. The summed E-state index contributed by atoms with van der Waals surface area (Å²) in [6, 6.07) is 1.84. The molecule has 0 aliphatic rings. The van der Waals surface area contributed by atoms with Crippen molar-refractivity contribution in [3.05, 3.63) is 24.4 Å². The van der Waals surface area contributed by atoms with Crippen LogP contribution in [0.15, 0.2) is 16.9 Å². The highest BCUT2D eigenvalue weighted by atomic mass is 16.5. The van der Waals surface area contributed by atoms with E-state index in [0.717, 1.165) is 12.1 Å². The molecule has 0 atom stereocenters. The third kappa shape index (κ3) is 1.09. The predicted octanol–water partition coefficient (Wildman–Crippen LogP) is 1.64. The molecule has 0 amide bonds. The summed E-state index contributed by atoms with van der Waals surface area (Å²) in [5.74, 6) is 0. The second-order valence-electron chi connectivity index (χ2n) is 1.54. The molecule has 0 aliphatic heterocycles. The maximum Gasteiger partial charge on any atom is 0.124 e. The van der Waals surface area contributed by atoms with Crippen LogP contribution in [0, 0.1) is 6.42 Å². The highest BCUT2D eigenvalue weighted by molar-refractivity contribution is 5.06. The van der Waals surface area contributed by atoms with E-state index in [9.17, 15) is 0 Å². The van der Waals surface area contributed by atoms with E-state index in [-0.39, 0.29) is 0 Å². The number of hydrogen-bond acceptors (Lipinski definition) is 2. The molecule has 1 heterocycles. The van der Waals surface area contributed by atoms with Gasteiger partial charge in [0, 0.05) is 12.5 Å². The van der Waals surface area contributed by atoms with E-state index in [1.54, 1.807) is 6.26 Å². The SMILES string of the molecule is CC[CH]c1ccon1. The molecule has 0 aliphatic carbocycles. The molecule has 0 unspecified atom stereocenters. The predicted molar refractivity (Wildman–Crippen MR) is 30.2 cm³/mol. The van der Waals surface area contributed by atoms with E-state index in [0.29, 0.717) is 0 Å². The maximum absolute atomic E-state index is 4.59. The Morgan fingerprint density at radius 2 is 2.75 bits per heavy atom. The molecule has 2 heteroatoms. The van der Waals surface area contributed by atoms with Crippen molar-refractivity contribution >= 4 is 0 Å². The molecule has 8 heavy (non-hydrogen) atoms. The molecule has 0 saturated carbocycles. The quantitative estimate of drug-likeness (QED) is 0.578. The van der Waals surface area contributed by atoms with Gasteiger partial charge >= 0.3 is 0 Å². The fraction of sp³-hybridized carbons (Fsp3) is 0.333. The Balaban J connectivity index is 2.50. The smallest absolute Gasteiger partial charge is 0.124 e. The van der Waals surface area contributed by atoms with Crippen LogP contribution in [0.2, 0.25) is 0 Å². The molecule has 0 bridgehead atoms. The van der Waals surface area contributed by atoms with Gasteiger partial charge < -0.3 is 4.52 Å². The van der Waals surface area contributed by atoms with Crippen LogP contribution in [0.5, 0.6) is 0 Å². The van der Waals surface area contributed by atoms with Crippen LogP contribution >= 0.6 is 0 Å². The summed E-state index contributed by atoms with van der Waals surface area (Å²) >= 11 is 0. The van der Waals surface area contributed by atoms with Gasteiger partial charge in [-0.3, -0.25) is 0 Å². The zero-order chi connectivity index (χ0) is 5.82. The van der Waals surface area contributed by atoms with E-state index in [2.05, 4.69) is 16.6 Å². The maximum atomic E-state index is 4.59. The minimum absolute atomic E-state index is 0.924. The second kappa shape index (κ2) is 2.50. The second-order valence-corrected chi connectivity index (χ2v) is 1.54. The Labute approximate surface area is 48.5 Å². The summed E-state index contributed by atoms with van der Waals surface area (Å²) in [5, 5.41) is 3.68. The van der Waals surface area contributed by atoms with Crippen LogP contribution < -0.4 is 0 Å². The van der Waals surface area contributed by atoms with Gasteiger partial charge in [0.1, 0.15) is 6.26 Å². The molecule has 1 rings (SSSR count). The summed E-state index contributed by atoms with van der Waals surface area (Å²) in [5.41, 5.74) is 0.924. The fourth-order valence-electron chi connectivity index (χ4n) is 0.536. The molecule has 2 nitrogen and oxygen atoms in total. The Bertz CT molecular complexity index is 134. The van der Waals surface area contributed by atoms with Gasteiger partial charge in [0.05, 0.1) is 5.69 Å². The monoisotopic (exact) mass is 110 g/mol. The molecule has 1 radical (unpaired) electrons. The Kier molecular flexibility index (Phi) is 1.67. The first-order valence-electron chi connectivity index (χ1n) is 2.67. The van der Waals surface area contributed by atoms with E-state index >= 15 is 0 Å². The van der Waals surface area contributed by atoms with Crippen molar-refractivity contribution in [3.8, 4) is 0 Å². The van der Waals surface area contributed by atoms with Gasteiger partial charge in [-0.2, -0.15) is 0 Å². The van der Waals surface area contributed by atoms with Gasteiger partial charge in [0.25, 0.3) is 0 Å². The van der Waals surface area contributed by atoms with Gasteiger partial charge in [-0.1, -0.05) is 12.1 Å².